The second-order valence-electron chi connectivity index (χ2n) is 8.24. The predicted molar refractivity (Wildman–Crippen MR) is 114 cm³/mol. The summed E-state index contributed by atoms with van der Waals surface area (Å²) in [7, 11) is 0. The molecule has 1 saturated carbocycles. The maximum atomic E-state index is 12.4. The molecular formula is C23H27N3OS. The molecule has 1 aliphatic heterocycles. The van der Waals surface area contributed by atoms with Crippen molar-refractivity contribution in [2.45, 2.75) is 51.9 Å². The van der Waals surface area contributed by atoms with Crippen molar-refractivity contribution in [2.75, 3.05) is 11.1 Å². The van der Waals surface area contributed by atoms with Crippen LogP contribution in [0.25, 0.3) is 0 Å². The molecule has 0 saturated heterocycles. The number of carbonyl (C=O) groups is 1. The van der Waals surface area contributed by atoms with Gasteiger partial charge in [-0.1, -0.05) is 49.7 Å². The van der Waals surface area contributed by atoms with Crippen molar-refractivity contribution in [3.05, 3.63) is 52.2 Å². The van der Waals surface area contributed by atoms with Gasteiger partial charge in [-0.25, -0.2) is 0 Å². The van der Waals surface area contributed by atoms with Gasteiger partial charge in [0.2, 0.25) is 5.91 Å². The molecule has 0 aromatic heterocycles. The standard InChI is InChI=1S/C23H27N3OS/c1-16-7-6-12-23(13-16)18-10-5-11-20(18)26-22(19(23)14-24)28-15-21(27)25-17-8-3-2-4-9-17/h2-4,8-9,16,26H,5-7,10-13,15H2,1H3,(H,25,27). The third-order valence-corrected chi connectivity index (χ3v) is 7.28. The molecule has 0 bridgehead atoms. The fourth-order valence-corrected chi connectivity index (χ4v) is 6.08. The lowest BCUT2D eigenvalue weighted by molar-refractivity contribution is -0.113. The summed E-state index contributed by atoms with van der Waals surface area (Å²) in [6.07, 6.45) is 7.89. The first-order valence-corrected chi connectivity index (χ1v) is 11.2. The molecule has 1 spiro atoms. The molecular weight excluding hydrogens is 366 g/mol. The summed E-state index contributed by atoms with van der Waals surface area (Å²) >= 11 is 1.47. The molecule has 1 amide bonds. The smallest absolute Gasteiger partial charge is 0.234 e. The van der Waals surface area contributed by atoms with Crippen molar-refractivity contribution >= 4 is 23.4 Å². The zero-order valence-corrected chi connectivity index (χ0v) is 17.2. The van der Waals surface area contributed by atoms with Crippen LogP contribution in [0, 0.1) is 22.7 Å². The van der Waals surface area contributed by atoms with Crippen LogP contribution in [0.15, 0.2) is 52.2 Å². The molecule has 146 valence electrons. The summed E-state index contributed by atoms with van der Waals surface area (Å²) in [6.45, 7) is 2.31. The molecule has 1 aromatic rings. The number of anilines is 1. The number of nitriles is 1. The minimum absolute atomic E-state index is 0.0416. The Hall–Kier alpha value is -2.19. The topological polar surface area (TPSA) is 64.9 Å². The zero-order chi connectivity index (χ0) is 19.6. The fraction of sp³-hybridized carbons (Fsp3) is 0.478. The summed E-state index contributed by atoms with van der Waals surface area (Å²) in [4.78, 5) is 12.4. The Morgan fingerprint density at radius 1 is 1.32 bits per heavy atom. The van der Waals surface area contributed by atoms with Crippen LogP contribution in [0.3, 0.4) is 0 Å². The maximum Gasteiger partial charge on any atom is 0.234 e. The third kappa shape index (κ3) is 3.58. The van der Waals surface area contributed by atoms with Crippen molar-refractivity contribution < 1.29 is 4.79 Å². The van der Waals surface area contributed by atoms with E-state index in [0.29, 0.717) is 11.7 Å². The van der Waals surface area contributed by atoms with E-state index in [4.69, 9.17) is 0 Å². The lowest BCUT2D eigenvalue weighted by Gasteiger charge is -2.45. The number of hydrogen-bond acceptors (Lipinski definition) is 4. The van der Waals surface area contributed by atoms with Crippen LogP contribution in [0.2, 0.25) is 0 Å². The lowest BCUT2D eigenvalue weighted by Crippen LogP contribution is -2.38. The van der Waals surface area contributed by atoms with E-state index >= 15 is 0 Å². The minimum Gasteiger partial charge on any atom is -0.353 e. The number of para-hydroxylation sites is 1. The number of benzene rings is 1. The molecule has 2 N–H and O–H groups in total. The van der Waals surface area contributed by atoms with Crippen molar-refractivity contribution in [2.24, 2.45) is 11.3 Å². The number of hydrogen-bond donors (Lipinski definition) is 2. The molecule has 2 aliphatic carbocycles. The van der Waals surface area contributed by atoms with E-state index in [0.717, 1.165) is 42.0 Å². The van der Waals surface area contributed by atoms with Gasteiger partial charge in [-0.15, -0.1) is 0 Å². The summed E-state index contributed by atoms with van der Waals surface area (Å²) in [5.41, 5.74) is 4.38. The van der Waals surface area contributed by atoms with Crippen LogP contribution in [0.4, 0.5) is 5.69 Å². The number of allylic oxidation sites excluding steroid dienone is 3. The Labute approximate surface area is 171 Å². The zero-order valence-electron chi connectivity index (χ0n) is 16.4. The van der Waals surface area contributed by atoms with E-state index in [1.54, 1.807) is 0 Å². The quantitative estimate of drug-likeness (QED) is 0.725. The number of amides is 1. The molecule has 2 atom stereocenters. The fourth-order valence-electron chi connectivity index (χ4n) is 5.15. The molecule has 4 nitrogen and oxygen atoms in total. The van der Waals surface area contributed by atoms with Gasteiger partial charge in [-0.05, 0) is 55.7 Å². The van der Waals surface area contributed by atoms with Gasteiger partial charge in [0.15, 0.2) is 0 Å². The van der Waals surface area contributed by atoms with Gasteiger partial charge >= 0.3 is 0 Å². The minimum atomic E-state index is -0.0955. The van der Waals surface area contributed by atoms with Crippen LogP contribution in [0.1, 0.15) is 51.9 Å². The van der Waals surface area contributed by atoms with Gasteiger partial charge in [0.25, 0.3) is 0 Å². The van der Waals surface area contributed by atoms with E-state index in [2.05, 4.69) is 23.6 Å². The van der Waals surface area contributed by atoms with Crippen LogP contribution < -0.4 is 10.6 Å². The summed E-state index contributed by atoms with van der Waals surface area (Å²) in [6, 6.07) is 12.1. The van der Waals surface area contributed by atoms with E-state index in [9.17, 15) is 10.1 Å². The molecule has 5 heteroatoms. The summed E-state index contributed by atoms with van der Waals surface area (Å²) in [5, 5.41) is 17.5. The average Bonchev–Trinajstić information content (AvgIpc) is 3.17. The van der Waals surface area contributed by atoms with Crippen LogP contribution >= 0.6 is 11.8 Å². The van der Waals surface area contributed by atoms with Crippen LogP contribution in [-0.2, 0) is 4.79 Å². The number of thioether (sulfide) groups is 1. The normalized spacial score (nSPS) is 26.6. The second-order valence-corrected chi connectivity index (χ2v) is 9.22. The van der Waals surface area contributed by atoms with Crippen molar-refractivity contribution in [3.8, 4) is 6.07 Å². The number of nitrogens with one attached hydrogen (secondary N) is 2. The van der Waals surface area contributed by atoms with Gasteiger partial charge in [0.1, 0.15) is 0 Å². The third-order valence-electron chi connectivity index (χ3n) is 6.28. The van der Waals surface area contributed by atoms with Gasteiger partial charge in [-0.3, -0.25) is 4.79 Å². The summed E-state index contributed by atoms with van der Waals surface area (Å²) in [5.74, 6) is 0.897. The first-order valence-electron chi connectivity index (χ1n) is 10.2. The highest BCUT2D eigenvalue weighted by Crippen LogP contribution is 2.57. The second kappa shape index (κ2) is 8.05. The maximum absolute atomic E-state index is 12.4. The Bertz CT molecular complexity index is 868. The highest BCUT2D eigenvalue weighted by Gasteiger charge is 2.47. The Balaban J connectivity index is 1.55. The number of rotatable bonds is 4. The molecule has 1 aromatic carbocycles. The van der Waals surface area contributed by atoms with Gasteiger partial charge in [-0.2, -0.15) is 5.26 Å². The first kappa shape index (κ1) is 19.1. The van der Waals surface area contributed by atoms with Crippen LogP contribution in [0.5, 0.6) is 0 Å². The lowest BCUT2D eigenvalue weighted by atomic mass is 9.61. The number of dihydropyridines is 1. The Morgan fingerprint density at radius 3 is 2.89 bits per heavy atom. The molecule has 4 rings (SSSR count). The summed E-state index contributed by atoms with van der Waals surface area (Å²) < 4.78 is 0. The SMILES string of the molecule is CC1CCCC2(C1)C(C#N)=C(SCC(=O)Nc1ccccc1)NC1=C2CCC1. The average molecular weight is 394 g/mol. The van der Waals surface area contributed by atoms with Crippen molar-refractivity contribution in [3.63, 3.8) is 0 Å². The van der Waals surface area contributed by atoms with Crippen molar-refractivity contribution in [1.82, 2.24) is 5.32 Å². The number of fused-ring (bicyclic) bond motifs is 1. The largest absolute Gasteiger partial charge is 0.353 e. The molecule has 3 aliphatic rings. The van der Waals surface area contributed by atoms with Gasteiger partial charge in [0, 0.05) is 16.8 Å². The van der Waals surface area contributed by atoms with Gasteiger partial charge in [0.05, 0.1) is 22.4 Å². The van der Waals surface area contributed by atoms with Gasteiger partial charge < -0.3 is 10.6 Å². The number of carbonyl (C=O) groups excluding carboxylic acids is 1. The molecule has 1 heterocycles. The van der Waals surface area contributed by atoms with Crippen LogP contribution in [-0.4, -0.2) is 11.7 Å². The molecule has 0 radical (unpaired) electrons. The van der Waals surface area contributed by atoms with E-state index in [-0.39, 0.29) is 11.3 Å². The first-order chi connectivity index (χ1) is 13.6. The van der Waals surface area contributed by atoms with E-state index in [1.165, 1.54) is 42.3 Å². The highest BCUT2D eigenvalue weighted by molar-refractivity contribution is 8.03. The van der Waals surface area contributed by atoms with E-state index < -0.39 is 0 Å². The van der Waals surface area contributed by atoms with E-state index in [1.807, 2.05) is 30.3 Å². The number of nitrogens with zero attached hydrogens (tertiary/aromatic N) is 1. The molecule has 1 fully saturated rings. The Morgan fingerprint density at radius 2 is 2.14 bits per heavy atom. The monoisotopic (exact) mass is 393 g/mol. The predicted octanol–water partition coefficient (Wildman–Crippen LogP) is 5.33. The molecule has 28 heavy (non-hydrogen) atoms. The Kier molecular flexibility index (Phi) is 5.50. The van der Waals surface area contributed by atoms with Crippen molar-refractivity contribution in [1.29, 1.82) is 5.26 Å². The highest BCUT2D eigenvalue weighted by atomic mass is 32.2. The molecule has 2 unspecified atom stereocenters.